The number of fused-ring (bicyclic) bond motifs is 6. The zero-order valence-corrected chi connectivity index (χ0v) is 16.3. The number of aryl methyl sites for hydroxylation is 1. The van der Waals surface area contributed by atoms with E-state index in [9.17, 15) is 0 Å². The van der Waals surface area contributed by atoms with E-state index in [1.165, 1.54) is 57.8 Å². The summed E-state index contributed by atoms with van der Waals surface area (Å²) in [6, 6.07) is 23.4. The number of aromatic nitrogens is 1. The number of H-pyrrole nitrogens is 1. The average Bonchev–Trinajstić information content (AvgIpc) is 3.32. The summed E-state index contributed by atoms with van der Waals surface area (Å²) in [4.78, 5) is 3.81. The molecular formula is C26H26N2. The Morgan fingerprint density at radius 2 is 1.82 bits per heavy atom. The van der Waals surface area contributed by atoms with Gasteiger partial charge in [0.15, 0.2) is 0 Å². The highest BCUT2D eigenvalue weighted by Gasteiger charge is 2.39. The molecule has 1 aromatic heterocycles. The summed E-state index contributed by atoms with van der Waals surface area (Å²) in [6.45, 7) is 2.21. The molecule has 0 saturated heterocycles. The molecule has 2 heterocycles. The van der Waals surface area contributed by atoms with Gasteiger partial charge in [-0.2, -0.15) is 0 Å². The Kier molecular flexibility index (Phi) is 3.64. The fraction of sp³-hybridized carbons (Fsp3) is 0.308. The van der Waals surface area contributed by atoms with Gasteiger partial charge in [0.2, 0.25) is 0 Å². The number of rotatable bonds is 2. The zero-order chi connectivity index (χ0) is 18.7. The third-order valence-corrected chi connectivity index (χ3v) is 6.98. The molecule has 140 valence electrons. The van der Waals surface area contributed by atoms with E-state index in [-0.39, 0.29) is 0 Å². The minimum absolute atomic E-state index is 0.355. The lowest BCUT2D eigenvalue weighted by Crippen LogP contribution is -2.40. The number of aromatic amines is 1. The second-order valence-electron chi connectivity index (χ2n) is 8.71. The van der Waals surface area contributed by atoms with Crippen LogP contribution in [0.2, 0.25) is 0 Å². The van der Waals surface area contributed by atoms with Crippen LogP contribution in [0.3, 0.4) is 0 Å². The molecule has 2 heteroatoms. The number of benzene rings is 3. The van der Waals surface area contributed by atoms with E-state index in [1.807, 2.05) is 0 Å². The summed E-state index contributed by atoms with van der Waals surface area (Å²) in [6.07, 6.45) is 4.98. The van der Waals surface area contributed by atoms with Crippen molar-refractivity contribution < 1.29 is 0 Å². The Hall–Kier alpha value is -2.58. The molecule has 0 bridgehead atoms. The van der Waals surface area contributed by atoms with Crippen LogP contribution >= 0.6 is 0 Å². The molecule has 0 spiro atoms. The third kappa shape index (κ3) is 2.44. The number of nitrogens with one attached hydrogen (secondary N) is 2. The molecule has 1 fully saturated rings. The van der Waals surface area contributed by atoms with E-state index in [1.54, 1.807) is 5.56 Å². The van der Waals surface area contributed by atoms with Crippen molar-refractivity contribution in [2.75, 3.05) is 0 Å². The van der Waals surface area contributed by atoms with Crippen molar-refractivity contribution in [3.63, 3.8) is 0 Å². The predicted molar refractivity (Wildman–Crippen MR) is 117 cm³/mol. The lowest BCUT2D eigenvalue weighted by atomic mass is 9.83. The lowest BCUT2D eigenvalue weighted by molar-refractivity contribution is 0.374. The Morgan fingerprint density at radius 3 is 2.79 bits per heavy atom. The predicted octanol–water partition coefficient (Wildman–Crippen LogP) is 6.15. The normalized spacial score (nSPS) is 23.8. The van der Waals surface area contributed by atoms with Crippen molar-refractivity contribution in [2.45, 2.75) is 50.6 Å². The zero-order valence-electron chi connectivity index (χ0n) is 16.3. The fourth-order valence-electron chi connectivity index (χ4n) is 5.72. The summed E-state index contributed by atoms with van der Waals surface area (Å²) >= 11 is 0. The van der Waals surface area contributed by atoms with Crippen LogP contribution < -0.4 is 5.32 Å². The Bertz CT molecular complexity index is 1180. The van der Waals surface area contributed by atoms with Crippen molar-refractivity contribution in [3.8, 4) is 0 Å². The highest BCUT2D eigenvalue weighted by atomic mass is 15.0. The molecule has 3 atom stereocenters. The van der Waals surface area contributed by atoms with Gasteiger partial charge in [-0.25, -0.2) is 0 Å². The van der Waals surface area contributed by atoms with Crippen LogP contribution in [0.1, 0.15) is 53.6 Å². The van der Waals surface area contributed by atoms with E-state index in [2.05, 4.69) is 77.9 Å². The maximum absolute atomic E-state index is 4.03. The van der Waals surface area contributed by atoms with Gasteiger partial charge in [-0.15, -0.1) is 0 Å². The van der Waals surface area contributed by atoms with Crippen LogP contribution in [0, 0.1) is 6.92 Å². The van der Waals surface area contributed by atoms with Crippen LogP contribution in [0.25, 0.3) is 21.7 Å². The minimum atomic E-state index is 0.355. The number of hydrogen-bond acceptors (Lipinski definition) is 1. The molecule has 1 aliphatic heterocycles. The van der Waals surface area contributed by atoms with Gasteiger partial charge in [0.25, 0.3) is 0 Å². The first-order chi connectivity index (χ1) is 13.8. The van der Waals surface area contributed by atoms with E-state index in [0.717, 1.165) is 6.42 Å². The van der Waals surface area contributed by atoms with Gasteiger partial charge in [0.1, 0.15) is 0 Å². The van der Waals surface area contributed by atoms with Crippen LogP contribution in [0.5, 0.6) is 0 Å². The molecule has 2 nitrogen and oxygen atoms in total. The third-order valence-electron chi connectivity index (χ3n) is 6.98. The van der Waals surface area contributed by atoms with Gasteiger partial charge >= 0.3 is 0 Å². The summed E-state index contributed by atoms with van der Waals surface area (Å²) in [7, 11) is 0. The quantitative estimate of drug-likeness (QED) is 0.437. The molecule has 1 saturated carbocycles. The summed E-state index contributed by atoms with van der Waals surface area (Å²) < 4.78 is 0. The highest BCUT2D eigenvalue weighted by molar-refractivity contribution is 5.87. The standard InChI is InChI=1S/C26H26N2/c1-16-12-13-23-21(14-16)25-20-10-5-11-22(20)27-24(26(25)28-23)15-18-8-4-7-17-6-2-3-9-19(17)18/h2-4,6-9,12-14,20,22,24,27-28H,5,10-11,15H2,1H3/t20-,22-,24+/m1/s1. The van der Waals surface area contributed by atoms with Gasteiger partial charge in [-0.05, 0) is 60.2 Å². The molecule has 2 N–H and O–H groups in total. The van der Waals surface area contributed by atoms with Gasteiger partial charge in [0, 0.05) is 28.6 Å². The van der Waals surface area contributed by atoms with E-state index < -0.39 is 0 Å². The molecule has 3 aromatic carbocycles. The molecule has 4 aromatic rings. The summed E-state index contributed by atoms with van der Waals surface area (Å²) in [5.74, 6) is 0.661. The molecular weight excluding hydrogens is 340 g/mol. The average molecular weight is 367 g/mol. The molecule has 0 amide bonds. The van der Waals surface area contributed by atoms with Gasteiger partial charge in [-0.3, -0.25) is 0 Å². The Balaban J connectivity index is 1.50. The Morgan fingerprint density at radius 1 is 0.929 bits per heavy atom. The van der Waals surface area contributed by atoms with Gasteiger partial charge < -0.3 is 10.3 Å². The highest BCUT2D eigenvalue weighted by Crippen LogP contribution is 2.46. The van der Waals surface area contributed by atoms with E-state index in [0.29, 0.717) is 18.0 Å². The molecule has 1 aliphatic carbocycles. The van der Waals surface area contributed by atoms with E-state index in [4.69, 9.17) is 0 Å². The maximum Gasteiger partial charge on any atom is 0.0519 e. The van der Waals surface area contributed by atoms with Crippen molar-refractivity contribution >= 4 is 21.7 Å². The van der Waals surface area contributed by atoms with Gasteiger partial charge in [0.05, 0.1) is 6.04 Å². The molecule has 2 aliphatic rings. The van der Waals surface area contributed by atoms with Crippen molar-refractivity contribution in [3.05, 3.63) is 83.0 Å². The first-order valence-corrected chi connectivity index (χ1v) is 10.6. The first-order valence-electron chi connectivity index (χ1n) is 10.6. The van der Waals surface area contributed by atoms with Crippen molar-refractivity contribution in [2.24, 2.45) is 0 Å². The number of hydrogen-bond donors (Lipinski definition) is 2. The first kappa shape index (κ1) is 16.4. The van der Waals surface area contributed by atoms with Crippen molar-refractivity contribution in [1.82, 2.24) is 10.3 Å². The molecule has 0 unspecified atom stereocenters. The smallest absolute Gasteiger partial charge is 0.0519 e. The second kappa shape index (κ2) is 6.22. The largest absolute Gasteiger partial charge is 0.357 e. The second-order valence-corrected chi connectivity index (χ2v) is 8.71. The van der Waals surface area contributed by atoms with Crippen LogP contribution in [0.4, 0.5) is 0 Å². The maximum atomic E-state index is 4.03. The van der Waals surface area contributed by atoms with Gasteiger partial charge in [-0.1, -0.05) is 60.5 Å². The topological polar surface area (TPSA) is 27.8 Å². The minimum Gasteiger partial charge on any atom is -0.357 e. The molecule has 28 heavy (non-hydrogen) atoms. The monoisotopic (exact) mass is 366 g/mol. The molecule has 6 rings (SSSR count). The van der Waals surface area contributed by atoms with E-state index >= 15 is 0 Å². The Labute approximate surface area is 166 Å². The van der Waals surface area contributed by atoms with Crippen molar-refractivity contribution in [1.29, 1.82) is 0 Å². The van der Waals surface area contributed by atoms with Crippen LogP contribution in [0.15, 0.2) is 60.7 Å². The summed E-state index contributed by atoms with van der Waals surface area (Å²) in [5, 5.41) is 8.20. The fourth-order valence-corrected chi connectivity index (χ4v) is 5.72. The lowest BCUT2D eigenvalue weighted by Gasteiger charge is -2.34. The van der Waals surface area contributed by atoms with Crippen LogP contribution in [-0.4, -0.2) is 11.0 Å². The SMILES string of the molecule is Cc1ccc2[nH]c3c(c2c1)[C@@H]1CCC[C@H]1N[C@H]3Cc1cccc2ccccc12. The molecule has 0 radical (unpaired) electrons. The van der Waals surface area contributed by atoms with Crippen LogP contribution in [-0.2, 0) is 6.42 Å². The summed E-state index contributed by atoms with van der Waals surface area (Å²) in [5.41, 5.74) is 7.12.